The van der Waals surface area contributed by atoms with Crippen LogP contribution in [0.25, 0.3) is 0 Å². The monoisotopic (exact) mass is 164 g/mol. The van der Waals surface area contributed by atoms with E-state index in [4.69, 9.17) is 20.4 Å². The van der Waals surface area contributed by atoms with E-state index < -0.39 is 24.4 Å². The second-order valence-electron chi connectivity index (χ2n) is 2.59. The maximum absolute atomic E-state index is 9.91. The molecule has 5 heteroatoms. The van der Waals surface area contributed by atoms with Gasteiger partial charge >= 0.3 is 0 Å². The van der Waals surface area contributed by atoms with Gasteiger partial charge in [0.1, 0.15) is 17.8 Å². The highest BCUT2D eigenvalue weighted by atomic mass is 16.4. The van der Waals surface area contributed by atoms with Gasteiger partial charge in [-0.2, -0.15) is 0 Å². The van der Waals surface area contributed by atoms with Crippen molar-refractivity contribution < 1.29 is 25.2 Å². The van der Waals surface area contributed by atoms with E-state index in [1.54, 1.807) is 0 Å². The second-order valence-corrected chi connectivity index (χ2v) is 2.59. The number of aldehydes is 1. The summed E-state index contributed by atoms with van der Waals surface area (Å²) >= 11 is 0. The van der Waals surface area contributed by atoms with Gasteiger partial charge in [-0.1, -0.05) is 0 Å². The van der Waals surface area contributed by atoms with Crippen LogP contribution in [0.5, 0.6) is 0 Å². The Morgan fingerprint density at radius 2 is 2.00 bits per heavy atom. The molecule has 0 aliphatic rings. The van der Waals surface area contributed by atoms with E-state index >= 15 is 0 Å². The van der Waals surface area contributed by atoms with Crippen molar-refractivity contribution in [2.45, 2.75) is 24.7 Å². The summed E-state index contributed by atoms with van der Waals surface area (Å²) < 4.78 is 0. The van der Waals surface area contributed by atoms with E-state index in [0.717, 1.165) is 6.92 Å². The Labute approximate surface area is 63.9 Å². The molecule has 11 heavy (non-hydrogen) atoms. The third-order valence-corrected chi connectivity index (χ3v) is 1.42. The third-order valence-electron chi connectivity index (χ3n) is 1.42. The zero-order valence-electron chi connectivity index (χ0n) is 6.14. The molecule has 3 atom stereocenters. The number of hydrogen-bond acceptors (Lipinski definition) is 5. The summed E-state index contributed by atoms with van der Waals surface area (Å²) in [7, 11) is 0. The number of carbonyl (C=O) groups is 1. The summed E-state index contributed by atoms with van der Waals surface area (Å²) in [5, 5.41) is 35.2. The van der Waals surface area contributed by atoms with Crippen molar-refractivity contribution >= 4 is 6.29 Å². The molecule has 0 aromatic carbocycles. The second kappa shape index (κ2) is 3.77. The zero-order chi connectivity index (χ0) is 9.07. The van der Waals surface area contributed by atoms with Crippen molar-refractivity contribution in [3.8, 4) is 0 Å². The van der Waals surface area contributed by atoms with Gasteiger partial charge in [0.05, 0.1) is 6.61 Å². The van der Waals surface area contributed by atoms with Gasteiger partial charge in [0.15, 0.2) is 6.29 Å². The molecule has 0 bridgehead atoms. The van der Waals surface area contributed by atoms with Crippen LogP contribution in [0, 0.1) is 0 Å². The van der Waals surface area contributed by atoms with Crippen molar-refractivity contribution in [3.63, 3.8) is 0 Å². The Bertz CT molecular complexity index is 133. The highest BCUT2D eigenvalue weighted by molar-refractivity contribution is 5.56. The van der Waals surface area contributed by atoms with Crippen LogP contribution in [0.1, 0.15) is 6.92 Å². The zero-order valence-corrected chi connectivity index (χ0v) is 6.14. The molecule has 5 nitrogen and oxygen atoms in total. The summed E-state index contributed by atoms with van der Waals surface area (Å²) in [6.45, 7) is 0.392. The van der Waals surface area contributed by atoms with Crippen molar-refractivity contribution in [2.75, 3.05) is 6.61 Å². The number of carbonyl (C=O) groups excluding carboxylic acids is 1. The highest BCUT2D eigenvalue weighted by Gasteiger charge is 2.34. The predicted molar refractivity (Wildman–Crippen MR) is 35.8 cm³/mol. The first-order chi connectivity index (χ1) is 4.95. The number of hydrogen-bond donors (Lipinski definition) is 4. The normalized spacial score (nSPS) is 21.9. The molecule has 66 valence electrons. The number of aliphatic hydroxyl groups is 4. The fourth-order valence-electron chi connectivity index (χ4n) is 0.536. The molecular formula is C6H12O5. The van der Waals surface area contributed by atoms with E-state index in [1.165, 1.54) is 0 Å². The molecule has 0 aliphatic heterocycles. The van der Waals surface area contributed by atoms with Gasteiger partial charge < -0.3 is 25.2 Å². The first-order valence-corrected chi connectivity index (χ1v) is 3.10. The smallest absolute Gasteiger partial charge is 0.151 e. The Hall–Kier alpha value is -0.490. The number of aliphatic hydroxyl groups excluding tert-OH is 3. The summed E-state index contributed by atoms with van der Waals surface area (Å²) in [5.41, 5.74) is -1.85. The minimum absolute atomic E-state index is 0.0921. The van der Waals surface area contributed by atoms with Gasteiger partial charge in [0.25, 0.3) is 0 Å². The maximum Gasteiger partial charge on any atom is 0.151 e. The molecule has 0 saturated carbocycles. The van der Waals surface area contributed by atoms with Gasteiger partial charge in [-0.3, -0.25) is 0 Å². The van der Waals surface area contributed by atoms with Gasteiger partial charge in [-0.25, -0.2) is 0 Å². The quantitative estimate of drug-likeness (QED) is 0.349. The molecule has 0 rings (SSSR count). The van der Waals surface area contributed by atoms with E-state index in [-0.39, 0.29) is 6.29 Å². The summed E-state index contributed by atoms with van der Waals surface area (Å²) in [5.74, 6) is 0. The molecule has 0 aromatic rings. The molecule has 0 heterocycles. The van der Waals surface area contributed by atoms with E-state index in [2.05, 4.69) is 0 Å². The van der Waals surface area contributed by atoms with E-state index in [1.807, 2.05) is 0 Å². The molecule has 0 amide bonds. The lowest BCUT2D eigenvalue weighted by Gasteiger charge is -2.27. The van der Waals surface area contributed by atoms with Crippen molar-refractivity contribution in [1.29, 1.82) is 0 Å². The first-order valence-electron chi connectivity index (χ1n) is 3.10. The van der Waals surface area contributed by atoms with Crippen LogP contribution in [0.3, 0.4) is 0 Å². The average molecular weight is 164 g/mol. The van der Waals surface area contributed by atoms with Crippen molar-refractivity contribution in [1.82, 2.24) is 0 Å². The molecule has 0 radical (unpaired) electrons. The lowest BCUT2D eigenvalue weighted by molar-refractivity contribution is -0.147. The number of rotatable bonds is 4. The Morgan fingerprint density at radius 3 is 2.27 bits per heavy atom. The van der Waals surface area contributed by atoms with Crippen LogP contribution in [0.2, 0.25) is 0 Å². The Kier molecular flexibility index (Phi) is 3.61. The SMILES string of the molecule is C[C@](O)(CO)[C@H](O)[C@H](O)C=O. The van der Waals surface area contributed by atoms with Gasteiger partial charge in [0, 0.05) is 0 Å². The molecular weight excluding hydrogens is 152 g/mol. The van der Waals surface area contributed by atoms with Crippen LogP contribution in [0.4, 0.5) is 0 Å². The average Bonchev–Trinajstić information content (AvgIpc) is 2.01. The van der Waals surface area contributed by atoms with E-state index in [9.17, 15) is 4.79 Å². The molecule has 4 N–H and O–H groups in total. The van der Waals surface area contributed by atoms with Gasteiger partial charge in [-0.05, 0) is 6.92 Å². The fraction of sp³-hybridized carbons (Fsp3) is 0.833. The lowest BCUT2D eigenvalue weighted by Crippen LogP contribution is -2.50. The lowest BCUT2D eigenvalue weighted by atomic mass is 9.96. The Balaban J connectivity index is 4.21. The van der Waals surface area contributed by atoms with Crippen LogP contribution in [-0.4, -0.2) is 51.1 Å². The summed E-state index contributed by atoms with van der Waals surface area (Å²) in [6.07, 6.45) is -3.24. The minimum Gasteiger partial charge on any atom is -0.393 e. The molecule has 0 unspecified atom stereocenters. The van der Waals surface area contributed by atoms with Crippen LogP contribution in [0.15, 0.2) is 0 Å². The van der Waals surface area contributed by atoms with Crippen LogP contribution < -0.4 is 0 Å². The van der Waals surface area contributed by atoms with Crippen LogP contribution >= 0.6 is 0 Å². The largest absolute Gasteiger partial charge is 0.393 e. The van der Waals surface area contributed by atoms with Crippen molar-refractivity contribution in [3.05, 3.63) is 0 Å². The summed E-state index contributed by atoms with van der Waals surface area (Å²) in [6, 6.07) is 0. The molecule has 0 fully saturated rings. The van der Waals surface area contributed by atoms with Crippen LogP contribution in [-0.2, 0) is 4.79 Å². The molecule has 0 aromatic heterocycles. The highest BCUT2D eigenvalue weighted by Crippen LogP contribution is 2.11. The third kappa shape index (κ3) is 2.55. The molecule has 0 aliphatic carbocycles. The van der Waals surface area contributed by atoms with Gasteiger partial charge in [0.2, 0.25) is 0 Å². The van der Waals surface area contributed by atoms with Gasteiger partial charge in [-0.15, -0.1) is 0 Å². The minimum atomic E-state index is -1.85. The standard InChI is InChI=1S/C6H12O5/c1-6(11,3-8)5(10)4(9)2-7/h2,4-5,8-11H,3H2,1H3/t4-,5-,6+/m1/s1. The maximum atomic E-state index is 9.91. The topological polar surface area (TPSA) is 98.0 Å². The first kappa shape index (κ1) is 10.5. The predicted octanol–water partition coefficient (Wildman–Crippen LogP) is -2.35. The Morgan fingerprint density at radius 1 is 1.55 bits per heavy atom. The molecule has 0 saturated heterocycles. The fourth-order valence-corrected chi connectivity index (χ4v) is 0.536. The van der Waals surface area contributed by atoms with Crippen molar-refractivity contribution in [2.24, 2.45) is 0 Å². The molecule has 0 spiro atoms. The van der Waals surface area contributed by atoms with E-state index in [0.29, 0.717) is 0 Å². The summed E-state index contributed by atoms with van der Waals surface area (Å²) in [4.78, 5) is 9.91.